The summed E-state index contributed by atoms with van der Waals surface area (Å²) in [4.78, 5) is 5.04. The number of hydrogen-bond donors (Lipinski definition) is 0. The van der Waals surface area contributed by atoms with Gasteiger partial charge in [-0.25, -0.2) is 0 Å². The molecule has 0 bridgehead atoms. The molecule has 0 spiro atoms. The summed E-state index contributed by atoms with van der Waals surface area (Å²) in [6.45, 7) is 7.70. The van der Waals surface area contributed by atoms with Crippen molar-refractivity contribution in [3.05, 3.63) is 6.42 Å². The van der Waals surface area contributed by atoms with Crippen molar-refractivity contribution in [2.75, 3.05) is 46.1 Å². The molecule has 0 N–H and O–H groups in total. The summed E-state index contributed by atoms with van der Waals surface area (Å²) in [5.74, 6) is 0. The first-order valence-corrected chi connectivity index (χ1v) is 5.29. The van der Waals surface area contributed by atoms with Gasteiger partial charge in [-0.2, -0.15) is 0 Å². The van der Waals surface area contributed by atoms with Crippen molar-refractivity contribution in [2.24, 2.45) is 0 Å². The Kier molecular flexibility index (Phi) is 3.58. The molecule has 0 aromatic heterocycles. The Hall–Kier alpha value is -0.120. The predicted molar refractivity (Wildman–Crippen MR) is 52.4 cm³/mol. The number of piperidine rings is 1. The lowest BCUT2D eigenvalue weighted by molar-refractivity contribution is 0.00817. The molecule has 0 unspecified atom stereocenters. The first-order chi connectivity index (χ1) is 6.45. The second kappa shape index (κ2) is 4.94. The van der Waals surface area contributed by atoms with Crippen molar-refractivity contribution in [1.82, 2.24) is 9.80 Å². The van der Waals surface area contributed by atoms with Crippen LogP contribution in [0.25, 0.3) is 0 Å². The van der Waals surface area contributed by atoms with Gasteiger partial charge in [-0.15, -0.1) is 0 Å². The Bertz CT molecular complexity index is 124. The Labute approximate surface area is 80.6 Å². The number of nitrogens with zero attached hydrogens (tertiary/aromatic N) is 2. The van der Waals surface area contributed by atoms with Gasteiger partial charge in [-0.1, -0.05) is 0 Å². The van der Waals surface area contributed by atoms with Crippen molar-refractivity contribution in [1.29, 1.82) is 0 Å². The minimum atomic E-state index is 0.917. The summed E-state index contributed by atoms with van der Waals surface area (Å²) < 4.78 is 5.32. The summed E-state index contributed by atoms with van der Waals surface area (Å²) in [5.41, 5.74) is 0. The Balaban J connectivity index is 1.69. The summed E-state index contributed by atoms with van der Waals surface area (Å²) in [6.07, 6.45) is 4.94. The predicted octanol–water partition coefficient (Wildman–Crippen LogP) is 0.576. The van der Waals surface area contributed by atoms with Gasteiger partial charge in [-0.3, -0.25) is 9.80 Å². The number of likely N-dealkylation sites (tertiary alicyclic amines) is 1. The van der Waals surface area contributed by atoms with Crippen LogP contribution in [0.15, 0.2) is 0 Å². The van der Waals surface area contributed by atoms with Gasteiger partial charge in [0.1, 0.15) is 0 Å². The molecule has 0 aromatic rings. The molecule has 0 aromatic carbocycles. The van der Waals surface area contributed by atoms with Crippen LogP contribution in [-0.4, -0.2) is 55.9 Å². The fourth-order valence-electron chi connectivity index (χ4n) is 1.97. The van der Waals surface area contributed by atoms with E-state index in [2.05, 4.69) is 16.2 Å². The van der Waals surface area contributed by atoms with E-state index in [4.69, 9.17) is 4.74 Å². The molecule has 3 nitrogen and oxygen atoms in total. The first kappa shape index (κ1) is 9.44. The monoisotopic (exact) mass is 183 g/mol. The Morgan fingerprint density at radius 1 is 0.923 bits per heavy atom. The van der Waals surface area contributed by atoms with Crippen molar-refractivity contribution in [2.45, 2.75) is 12.8 Å². The molecular formula is C10H19N2O. The van der Waals surface area contributed by atoms with E-state index >= 15 is 0 Å². The van der Waals surface area contributed by atoms with Crippen LogP contribution in [0.4, 0.5) is 0 Å². The maximum absolute atomic E-state index is 5.32. The van der Waals surface area contributed by atoms with Crippen LogP contribution in [-0.2, 0) is 4.74 Å². The zero-order chi connectivity index (χ0) is 8.93. The number of ether oxygens (including phenoxy) is 1. The molecular weight excluding hydrogens is 164 g/mol. The topological polar surface area (TPSA) is 15.7 Å². The summed E-state index contributed by atoms with van der Waals surface area (Å²) in [6, 6.07) is 0. The quantitative estimate of drug-likeness (QED) is 0.622. The van der Waals surface area contributed by atoms with E-state index in [9.17, 15) is 0 Å². The fraction of sp³-hybridized carbons (Fsp3) is 0.900. The minimum absolute atomic E-state index is 0.917. The van der Waals surface area contributed by atoms with E-state index in [0.29, 0.717) is 0 Å². The fourth-order valence-corrected chi connectivity index (χ4v) is 1.97. The van der Waals surface area contributed by atoms with Gasteiger partial charge >= 0.3 is 0 Å². The molecule has 0 aliphatic carbocycles. The highest BCUT2D eigenvalue weighted by molar-refractivity contribution is 4.76. The molecule has 3 heteroatoms. The molecule has 2 aliphatic rings. The number of morpholine rings is 1. The lowest BCUT2D eigenvalue weighted by Gasteiger charge is -2.34. The smallest absolute Gasteiger partial charge is 0.0594 e. The number of rotatable bonds is 2. The maximum atomic E-state index is 5.32. The molecule has 2 fully saturated rings. The van der Waals surface area contributed by atoms with E-state index in [1.165, 1.54) is 25.9 Å². The molecule has 2 heterocycles. The third kappa shape index (κ3) is 2.93. The van der Waals surface area contributed by atoms with Crippen LogP contribution in [0.2, 0.25) is 0 Å². The SMILES string of the molecule is [CH]1CCN(CN2CCOCC2)CC1. The maximum Gasteiger partial charge on any atom is 0.0594 e. The third-order valence-corrected chi connectivity index (χ3v) is 2.80. The molecule has 0 saturated carbocycles. The second-order valence-electron chi connectivity index (χ2n) is 3.86. The van der Waals surface area contributed by atoms with E-state index in [0.717, 1.165) is 33.0 Å². The largest absolute Gasteiger partial charge is 0.379 e. The van der Waals surface area contributed by atoms with Crippen molar-refractivity contribution in [3.8, 4) is 0 Å². The first-order valence-electron chi connectivity index (χ1n) is 5.29. The zero-order valence-electron chi connectivity index (χ0n) is 8.24. The summed E-state index contributed by atoms with van der Waals surface area (Å²) in [5, 5.41) is 0. The summed E-state index contributed by atoms with van der Waals surface area (Å²) in [7, 11) is 0. The van der Waals surface area contributed by atoms with Crippen LogP contribution in [0.1, 0.15) is 12.8 Å². The minimum Gasteiger partial charge on any atom is -0.379 e. The van der Waals surface area contributed by atoms with Gasteiger partial charge in [0.05, 0.1) is 19.9 Å². The zero-order valence-corrected chi connectivity index (χ0v) is 8.24. The van der Waals surface area contributed by atoms with E-state index in [1.807, 2.05) is 0 Å². The molecule has 1 radical (unpaired) electrons. The van der Waals surface area contributed by atoms with Gasteiger partial charge in [0.15, 0.2) is 0 Å². The molecule has 13 heavy (non-hydrogen) atoms. The van der Waals surface area contributed by atoms with Crippen LogP contribution in [0.3, 0.4) is 0 Å². The van der Waals surface area contributed by atoms with E-state index in [-0.39, 0.29) is 0 Å². The van der Waals surface area contributed by atoms with Gasteiger partial charge in [0, 0.05) is 13.1 Å². The number of hydrogen-bond acceptors (Lipinski definition) is 3. The normalized spacial score (nSPS) is 27.7. The summed E-state index contributed by atoms with van der Waals surface area (Å²) >= 11 is 0. The van der Waals surface area contributed by atoms with Gasteiger partial charge in [-0.05, 0) is 32.4 Å². The van der Waals surface area contributed by atoms with E-state index in [1.54, 1.807) is 0 Å². The third-order valence-electron chi connectivity index (χ3n) is 2.80. The average Bonchev–Trinajstić information content (AvgIpc) is 2.21. The van der Waals surface area contributed by atoms with E-state index < -0.39 is 0 Å². The van der Waals surface area contributed by atoms with Crippen LogP contribution < -0.4 is 0 Å². The Morgan fingerprint density at radius 2 is 1.54 bits per heavy atom. The Morgan fingerprint density at radius 3 is 2.23 bits per heavy atom. The molecule has 0 atom stereocenters. The van der Waals surface area contributed by atoms with Crippen molar-refractivity contribution in [3.63, 3.8) is 0 Å². The lowest BCUT2D eigenvalue weighted by Crippen LogP contribution is -2.45. The van der Waals surface area contributed by atoms with Gasteiger partial charge in [0.25, 0.3) is 0 Å². The molecule has 0 amide bonds. The highest BCUT2D eigenvalue weighted by atomic mass is 16.5. The van der Waals surface area contributed by atoms with Gasteiger partial charge < -0.3 is 4.74 Å². The lowest BCUT2D eigenvalue weighted by atomic mass is 10.1. The molecule has 75 valence electrons. The molecule has 2 rings (SSSR count). The average molecular weight is 183 g/mol. The molecule has 2 aliphatic heterocycles. The highest BCUT2D eigenvalue weighted by Crippen LogP contribution is 2.08. The van der Waals surface area contributed by atoms with Crippen LogP contribution in [0, 0.1) is 6.42 Å². The second-order valence-corrected chi connectivity index (χ2v) is 3.86. The standard InChI is InChI=1S/C10H19N2O/c1-2-4-11(5-3-1)10-12-6-8-13-9-7-12/h1H,2-10H2. The van der Waals surface area contributed by atoms with Crippen molar-refractivity contribution < 1.29 is 4.74 Å². The van der Waals surface area contributed by atoms with Gasteiger partial charge in [0.2, 0.25) is 0 Å². The van der Waals surface area contributed by atoms with Crippen molar-refractivity contribution >= 4 is 0 Å². The molecule has 2 saturated heterocycles. The van der Waals surface area contributed by atoms with Crippen LogP contribution >= 0.6 is 0 Å². The highest BCUT2D eigenvalue weighted by Gasteiger charge is 2.15. The van der Waals surface area contributed by atoms with Crippen LogP contribution in [0.5, 0.6) is 0 Å².